The molecule has 2 atom stereocenters. The molecule has 0 aromatic heterocycles. The molecule has 6 heteroatoms. The Morgan fingerprint density at radius 2 is 2.00 bits per heavy atom. The van der Waals surface area contributed by atoms with Gasteiger partial charge in [-0.1, -0.05) is 6.42 Å². The summed E-state index contributed by atoms with van der Waals surface area (Å²) in [6, 6.07) is 0.0334. The quantitative estimate of drug-likeness (QED) is 0.791. The zero-order chi connectivity index (χ0) is 13.3. The third kappa shape index (κ3) is 3.64. The van der Waals surface area contributed by atoms with Crippen molar-refractivity contribution in [2.24, 2.45) is 0 Å². The minimum absolute atomic E-state index is 0.0334. The van der Waals surface area contributed by atoms with E-state index in [-0.39, 0.29) is 6.04 Å². The van der Waals surface area contributed by atoms with E-state index >= 15 is 0 Å². The molecule has 0 aliphatic carbocycles. The lowest BCUT2D eigenvalue weighted by Gasteiger charge is -2.36. The van der Waals surface area contributed by atoms with E-state index in [1.54, 1.807) is 20.8 Å². The monoisotopic (exact) mass is 264 g/mol. The fourth-order valence-electron chi connectivity index (χ4n) is 1.91. The van der Waals surface area contributed by atoms with Crippen LogP contribution in [-0.4, -0.2) is 42.1 Å². The van der Waals surface area contributed by atoms with Crippen LogP contribution in [0.1, 0.15) is 47.0 Å². The lowest BCUT2D eigenvalue weighted by atomic mass is 10.0. The fourth-order valence-corrected chi connectivity index (χ4v) is 3.81. The SMILES string of the molecule is CC1CCCCN1S(=O)(=O)NC(C)(C)C(C)O. The Morgan fingerprint density at radius 3 is 2.47 bits per heavy atom. The van der Waals surface area contributed by atoms with Crippen molar-refractivity contribution in [2.75, 3.05) is 6.54 Å². The maximum Gasteiger partial charge on any atom is 0.280 e. The highest BCUT2D eigenvalue weighted by Gasteiger charge is 2.35. The molecule has 1 aliphatic heterocycles. The Kier molecular flexibility index (Phi) is 4.57. The molecule has 2 unspecified atom stereocenters. The summed E-state index contributed by atoms with van der Waals surface area (Å²) >= 11 is 0. The Hall–Kier alpha value is -0.170. The summed E-state index contributed by atoms with van der Waals surface area (Å²) in [6.07, 6.45) is 2.14. The van der Waals surface area contributed by atoms with Crippen LogP contribution < -0.4 is 4.72 Å². The van der Waals surface area contributed by atoms with Crippen molar-refractivity contribution in [3.63, 3.8) is 0 Å². The van der Waals surface area contributed by atoms with E-state index in [0.717, 1.165) is 19.3 Å². The van der Waals surface area contributed by atoms with E-state index in [1.807, 2.05) is 6.92 Å². The number of nitrogens with one attached hydrogen (secondary N) is 1. The number of hydrogen-bond acceptors (Lipinski definition) is 3. The van der Waals surface area contributed by atoms with Crippen LogP contribution in [-0.2, 0) is 10.2 Å². The van der Waals surface area contributed by atoms with Gasteiger partial charge in [0.25, 0.3) is 10.2 Å². The Labute approximate surface area is 104 Å². The predicted octanol–water partition coefficient (Wildman–Crippen LogP) is 0.855. The van der Waals surface area contributed by atoms with Gasteiger partial charge in [-0.05, 0) is 40.5 Å². The molecule has 1 rings (SSSR count). The number of hydrogen-bond donors (Lipinski definition) is 2. The van der Waals surface area contributed by atoms with Crippen molar-refractivity contribution in [1.29, 1.82) is 0 Å². The van der Waals surface area contributed by atoms with Crippen LogP contribution in [0.3, 0.4) is 0 Å². The first-order valence-corrected chi connectivity index (χ1v) is 7.59. The Bertz CT molecular complexity index is 352. The van der Waals surface area contributed by atoms with Crippen molar-refractivity contribution in [1.82, 2.24) is 9.03 Å². The van der Waals surface area contributed by atoms with Crippen LogP contribution >= 0.6 is 0 Å². The first kappa shape index (κ1) is 14.9. The molecule has 0 bridgehead atoms. The Balaban J connectivity index is 2.81. The third-order valence-corrected chi connectivity index (χ3v) is 5.43. The number of aliphatic hydroxyl groups excluding tert-OH is 1. The van der Waals surface area contributed by atoms with Gasteiger partial charge in [0.05, 0.1) is 11.6 Å². The molecule has 0 aromatic rings. The van der Waals surface area contributed by atoms with E-state index in [1.165, 1.54) is 4.31 Å². The minimum Gasteiger partial charge on any atom is -0.391 e. The molecule has 0 spiro atoms. The van der Waals surface area contributed by atoms with Gasteiger partial charge in [-0.2, -0.15) is 17.4 Å². The normalized spacial score (nSPS) is 25.8. The van der Waals surface area contributed by atoms with Gasteiger partial charge in [0.2, 0.25) is 0 Å². The van der Waals surface area contributed by atoms with E-state index in [9.17, 15) is 13.5 Å². The average molecular weight is 264 g/mol. The van der Waals surface area contributed by atoms with Gasteiger partial charge in [-0.15, -0.1) is 0 Å². The van der Waals surface area contributed by atoms with Crippen LogP contribution in [0.15, 0.2) is 0 Å². The highest BCUT2D eigenvalue weighted by molar-refractivity contribution is 7.87. The largest absolute Gasteiger partial charge is 0.391 e. The van der Waals surface area contributed by atoms with E-state index in [4.69, 9.17) is 0 Å². The average Bonchev–Trinajstić information content (AvgIpc) is 2.16. The highest BCUT2D eigenvalue weighted by Crippen LogP contribution is 2.21. The second-order valence-electron chi connectivity index (χ2n) is 5.46. The van der Waals surface area contributed by atoms with Gasteiger partial charge in [0.1, 0.15) is 0 Å². The summed E-state index contributed by atoms with van der Waals surface area (Å²) < 4.78 is 28.5. The number of nitrogens with zero attached hydrogens (tertiary/aromatic N) is 1. The highest BCUT2D eigenvalue weighted by atomic mass is 32.2. The van der Waals surface area contributed by atoms with E-state index in [0.29, 0.717) is 6.54 Å². The second-order valence-corrected chi connectivity index (χ2v) is 7.08. The van der Waals surface area contributed by atoms with E-state index in [2.05, 4.69) is 4.72 Å². The van der Waals surface area contributed by atoms with Crippen molar-refractivity contribution in [2.45, 2.75) is 64.6 Å². The standard InChI is InChI=1S/C11H24N2O3S/c1-9-7-5-6-8-13(9)17(15,16)12-11(3,4)10(2)14/h9-10,12,14H,5-8H2,1-4H3. The van der Waals surface area contributed by atoms with Crippen LogP contribution in [0, 0.1) is 0 Å². The molecule has 0 saturated carbocycles. The zero-order valence-corrected chi connectivity index (χ0v) is 11.9. The smallest absolute Gasteiger partial charge is 0.280 e. The predicted molar refractivity (Wildman–Crippen MR) is 67.8 cm³/mol. The lowest BCUT2D eigenvalue weighted by Crippen LogP contribution is -2.57. The van der Waals surface area contributed by atoms with Crippen molar-refractivity contribution in [3.05, 3.63) is 0 Å². The first-order chi connectivity index (χ1) is 7.67. The molecule has 17 heavy (non-hydrogen) atoms. The van der Waals surface area contributed by atoms with Crippen molar-refractivity contribution < 1.29 is 13.5 Å². The van der Waals surface area contributed by atoms with Gasteiger partial charge in [0.15, 0.2) is 0 Å². The minimum atomic E-state index is -3.51. The third-order valence-electron chi connectivity index (χ3n) is 3.49. The Morgan fingerprint density at radius 1 is 1.41 bits per heavy atom. The summed E-state index contributed by atoms with van der Waals surface area (Å²) in [5, 5.41) is 9.56. The molecule has 0 aromatic carbocycles. The molecule has 5 nitrogen and oxygen atoms in total. The van der Waals surface area contributed by atoms with Crippen LogP contribution in [0.2, 0.25) is 0 Å². The summed E-state index contributed by atoms with van der Waals surface area (Å²) in [6.45, 7) is 7.44. The van der Waals surface area contributed by atoms with Crippen LogP contribution in [0.4, 0.5) is 0 Å². The lowest BCUT2D eigenvalue weighted by molar-refractivity contribution is 0.109. The topological polar surface area (TPSA) is 69.6 Å². The fraction of sp³-hybridized carbons (Fsp3) is 1.00. The first-order valence-electron chi connectivity index (χ1n) is 6.15. The van der Waals surface area contributed by atoms with E-state index < -0.39 is 21.9 Å². The maximum atomic E-state index is 12.2. The molecule has 1 saturated heterocycles. The number of aliphatic hydroxyl groups is 1. The molecule has 1 aliphatic rings. The summed E-state index contributed by atoms with van der Waals surface area (Å²) in [7, 11) is -3.51. The molecular weight excluding hydrogens is 240 g/mol. The number of piperidine rings is 1. The molecular formula is C11H24N2O3S. The summed E-state index contributed by atoms with van der Waals surface area (Å²) in [5.41, 5.74) is -0.851. The van der Waals surface area contributed by atoms with Gasteiger partial charge in [0, 0.05) is 12.6 Å². The summed E-state index contributed by atoms with van der Waals surface area (Å²) in [4.78, 5) is 0. The molecule has 102 valence electrons. The van der Waals surface area contributed by atoms with Gasteiger partial charge in [-0.3, -0.25) is 0 Å². The zero-order valence-electron chi connectivity index (χ0n) is 11.1. The van der Waals surface area contributed by atoms with Gasteiger partial charge >= 0.3 is 0 Å². The number of rotatable bonds is 4. The van der Waals surface area contributed by atoms with Gasteiger partial charge < -0.3 is 5.11 Å². The molecule has 2 N–H and O–H groups in total. The molecule has 0 amide bonds. The van der Waals surface area contributed by atoms with Crippen LogP contribution in [0.25, 0.3) is 0 Å². The maximum absolute atomic E-state index is 12.2. The van der Waals surface area contributed by atoms with Crippen molar-refractivity contribution >= 4 is 10.2 Å². The van der Waals surface area contributed by atoms with Gasteiger partial charge in [-0.25, -0.2) is 0 Å². The molecule has 0 radical (unpaired) electrons. The van der Waals surface area contributed by atoms with Crippen molar-refractivity contribution in [3.8, 4) is 0 Å². The second kappa shape index (κ2) is 5.22. The molecule has 1 heterocycles. The molecule has 1 fully saturated rings. The van der Waals surface area contributed by atoms with Crippen LogP contribution in [0.5, 0.6) is 0 Å². The summed E-state index contributed by atoms with van der Waals surface area (Å²) in [5.74, 6) is 0.